The third-order valence-corrected chi connectivity index (χ3v) is 5.83. The van der Waals surface area contributed by atoms with E-state index in [0.29, 0.717) is 18.0 Å². The lowest BCUT2D eigenvalue weighted by Crippen LogP contribution is -2.42. The van der Waals surface area contributed by atoms with Gasteiger partial charge in [0.2, 0.25) is 5.91 Å². The molecule has 1 atom stereocenters. The van der Waals surface area contributed by atoms with Crippen LogP contribution in [-0.2, 0) is 16.6 Å². The Balaban J connectivity index is 1.61. The van der Waals surface area contributed by atoms with Crippen molar-refractivity contribution in [2.75, 3.05) is 0 Å². The fourth-order valence-corrected chi connectivity index (χ4v) is 3.67. The Morgan fingerprint density at radius 1 is 1.16 bits per heavy atom. The second-order valence-corrected chi connectivity index (χ2v) is 8.67. The van der Waals surface area contributed by atoms with Crippen LogP contribution in [0.25, 0.3) is 0 Å². The number of nitrogens with zero attached hydrogens (tertiary/aromatic N) is 1. The average molecular weight is 420 g/mol. The number of H-pyrrole nitrogens is 1. The molecule has 3 aromatic rings. The number of carbonyl (C=O) groups excluding carboxylic acids is 1. The van der Waals surface area contributed by atoms with Crippen molar-refractivity contribution in [2.24, 2.45) is 0 Å². The molecule has 0 saturated heterocycles. The SMILES string of the molecule is CC(C)(C(=O)N[C@@H](Cc1cc(=O)[nH]c(C2CC2)n1)c1ccccc1)c1ccc(F)cc1. The van der Waals surface area contributed by atoms with Gasteiger partial charge >= 0.3 is 0 Å². The molecule has 31 heavy (non-hydrogen) atoms. The summed E-state index contributed by atoms with van der Waals surface area (Å²) in [7, 11) is 0. The van der Waals surface area contributed by atoms with E-state index in [-0.39, 0.29) is 23.3 Å². The highest BCUT2D eigenvalue weighted by Crippen LogP contribution is 2.37. The van der Waals surface area contributed by atoms with E-state index in [1.165, 1.54) is 18.2 Å². The van der Waals surface area contributed by atoms with Crippen LogP contribution in [0.4, 0.5) is 4.39 Å². The normalized spacial score (nSPS) is 14.8. The highest BCUT2D eigenvalue weighted by atomic mass is 19.1. The Morgan fingerprint density at radius 3 is 2.48 bits per heavy atom. The molecule has 0 bridgehead atoms. The summed E-state index contributed by atoms with van der Waals surface area (Å²) in [6.45, 7) is 3.63. The molecule has 0 radical (unpaired) electrons. The third-order valence-electron chi connectivity index (χ3n) is 5.83. The molecular weight excluding hydrogens is 393 g/mol. The maximum absolute atomic E-state index is 13.3. The number of carbonyl (C=O) groups is 1. The van der Waals surface area contributed by atoms with Gasteiger partial charge in [-0.3, -0.25) is 9.59 Å². The van der Waals surface area contributed by atoms with Crippen LogP contribution in [0.1, 0.15) is 61.3 Å². The quantitative estimate of drug-likeness (QED) is 0.604. The summed E-state index contributed by atoms with van der Waals surface area (Å²) in [5.74, 6) is 0.538. The number of nitrogens with one attached hydrogen (secondary N) is 2. The number of rotatable bonds is 7. The lowest BCUT2D eigenvalue weighted by atomic mass is 9.83. The molecule has 0 unspecified atom stereocenters. The molecule has 1 fully saturated rings. The highest BCUT2D eigenvalue weighted by molar-refractivity contribution is 5.87. The fourth-order valence-electron chi connectivity index (χ4n) is 3.67. The van der Waals surface area contributed by atoms with E-state index in [1.54, 1.807) is 12.1 Å². The Bertz CT molecular complexity index is 1120. The number of amides is 1. The Morgan fingerprint density at radius 2 is 1.84 bits per heavy atom. The van der Waals surface area contributed by atoms with Crippen molar-refractivity contribution in [3.05, 3.63) is 99.5 Å². The van der Waals surface area contributed by atoms with Gasteiger partial charge in [0.15, 0.2) is 0 Å². The highest BCUT2D eigenvalue weighted by Gasteiger charge is 2.32. The molecule has 1 aliphatic carbocycles. The number of hydrogen-bond donors (Lipinski definition) is 2. The van der Waals surface area contributed by atoms with Crippen LogP contribution >= 0.6 is 0 Å². The first kappa shape index (κ1) is 21.0. The molecule has 0 aliphatic heterocycles. The maximum Gasteiger partial charge on any atom is 0.251 e. The van der Waals surface area contributed by atoms with Gasteiger partial charge in [0.25, 0.3) is 5.56 Å². The van der Waals surface area contributed by atoms with Gasteiger partial charge in [-0.1, -0.05) is 42.5 Å². The second-order valence-electron chi connectivity index (χ2n) is 8.67. The Labute approximate surface area is 180 Å². The molecule has 160 valence electrons. The first-order valence-corrected chi connectivity index (χ1v) is 10.5. The van der Waals surface area contributed by atoms with Gasteiger partial charge in [-0.05, 0) is 49.9 Å². The van der Waals surface area contributed by atoms with Crippen LogP contribution < -0.4 is 10.9 Å². The molecule has 0 spiro atoms. The van der Waals surface area contributed by atoms with Crippen LogP contribution in [0.3, 0.4) is 0 Å². The molecule has 2 aromatic carbocycles. The summed E-state index contributed by atoms with van der Waals surface area (Å²) >= 11 is 0. The van der Waals surface area contributed by atoms with Crippen LogP contribution in [0.15, 0.2) is 65.5 Å². The predicted molar refractivity (Wildman–Crippen MR) is 117 cm³/mol. The molecule has 1 aliphatic rings. The summed E-state index contributed by atoms with van der Waals surface area (Å²) in [4.78, 5) is 32.9. The van der Waals surface area contributed by atoms with Crippen molar-refractivity contribution in [1.29, 1.82) is 0 Å². The minimum Gasteiger partial charge on any atom is -0.348 e. The number of benzene rings is 2. The van der Waals surface area contributed by atoms with Crippen LogP contribution in [0, 0.1) is 5.82 Å². The van der Waals surface area contributed by atoms with Crippen molar-refractivity contribution in [3.8, 4) is 0 Å². The largest absolute Gasteiger partial charge is 0.348 e. The number of aromatic amines is 1. The van der Waals surface area contributed by atoms with Gasteiger partial charge in [0, 0.05) is 18.4 Å². The zero-order valence-electron chi connectivity index (χ0n) is 17.7. The Hall–Kier alpha value is -3.28. The first-order chi connectivity index (χ1) is 14.8. The minimum atomic E-state index is -0.860. The zero-order chi connectivity index (χ0) is 22.0. The van der Waals surface area contributed by atoms with Crippen molar-refractivity contribution in [3.63, 3.8) is 0 Å². The summed E-state index contributed by atoms with van der Waals surface area (Å²) in [5, 5.41) is 3.13. The summed E-state index contributed by atoms with van der Waals surface area (Å²) in [5.41, 5.74) is 1.28. The van der Waals surface area contributed by atoms with Crippen molar-refractivity contribution >= 4 is 5.91 Å². The van der Waals surface area contributed by atoms with Gasteiger partial charge in [0.1, 0.15) is 11.6 Å². The molecule has 5 nitrogen and oxygen atoms in total. The smallest absolute Gasteiger partial charge is 0.251 e. The number of hydrogen-bond acceptors (Lipinski definition) is 3. The van der Waals surface area contributed by atoms with E-state index in [9.17, 15) is 14.0 Å². The van der Waals surface area contributed by atoms with Gasteiger partial charge in [-0.25, -0.2) is 9.37 Å². The van der Waals surface area contributed by atoms with Crippen molar-refractivity contribution < 1.29 is 9.18 Å². The van der Waals surface area contributed by atoms with Gasteiger partial charge < -0.3 is 10.3 Å². The standard InChI is InChI=1S/C25H26FN3O2/c1-25(2,18-10-12-19(26)13-11-18)24(31)28-21(16-6-4-3-5-7-16)14-20-15-22(30)29-23(27-20)17-8-9-17/h3-7,10-13,15,17,21H,8-9,14H2,1-2H3,(H,28,31)(H,27,29,30)/t21-/m0/s1. The van der Waals surface area contributed by atoms with E-state index in [4.69, 9.17) is 0 Å². The maximum atomic E-state index is 13.3. The van der Waals surface area contributed by atoms with E-state index in [2.05, 4.69) is 15.3 Å². The average Bonchev–Trinajstić information content (AvgIpc) is 3.59. The zero-order valence-corrected chi connectivity index (χ0v) is 17.7. The summed E-state index contributed by atoms with van der Waals surface area (Å²) in [6.07, 6.45) is 2.48. The summed E-state index contributed by atoms with van der Waals surface area (Å²) < 4.78 is 13.3. The molecular formula is C25H26FN3O2. The molecule has 2 N–H and O–H groups in total. The van der Waals surface area contributed by atoms with E-state index in [1.807, 2.05) is 44.2 Å². The molecule has 1 amide bonds. The van der Waals surface area contributed by atoms with Crippen LogP contribution in [0.5, 0.6) is 0 Å². The fraction of sp³-hybridized carbons (Fsp3) is 0.320. The van der Waals surface area contributed by atoms with Gasteiger partial charge in [-0.2, -0.15) is 0 Å². The molecule has 6 heteroatoms. The number of halogens is 1. The number of aromatic nitrogens is 2. The van der Waals surface area contributed by atoms with Crippen molar-refractivity contribution in [2.45, 2.75) is 50.5 Å². The summed E-state index contributed by atoms with van der Waals surface area (Å²) in [6, 6.07) is 16.8. The predicted octanol–water partition coefficient (Wildman–Crippen LogP) is 4.16. The lowest BCUT2D eigenvalue weighted by molar-refractivity contribution is -0.126. The van der Waals surface area contributed by atoms with Gasteiger partial charge in [0.05, 0.1) is 17.2 Å². The molecule has 1 heterocycles. The monoisotopic (exact) mass is 419 g/mol. The lowest BCUT2D eigenvalue weighted by Gasteiger charge is -2.28. The second kappa shape index (κ2) is 8.46. The van der Waals surface area contributed by atoms with E-state index < -0.39 is 5.41 Å². The van der Waals surface area contributed by atoms with E-state index in [0.717, 1.165) is 29.8 Å². The molecule has 1 aromatic heterocycles. The Kier molecular flexibility index (Phi) is 5.72. The molecule has 1 saturated carbocycles. The first-order valence-electron chi connectivity index (χ1n) is 10.5. The minimum absolute atomic E-state index is 0.170. The van der Waals surface area contributed by atoms with Gasteiger partial charge in [-0.15, -0.1) is 0 Å². The van der Waals surface area contributed by atoms with Crippen LogP contribution in [-0.4, -0.2) is 15.9 Å². The van der Waals surface area contributed by atoms with E-state index >= 15 is 0 Å². The molecule has 4 rings (SSSR count). The third kappa shape index (κ3) is 4.90. The van der Waals surface area contributed by atoms with Crippen molar-refractivity contribution in [1.82, 2.24) is 15.3 Å². The van der Waals surface area contributed by atoms with Crippen LogP contribution in [0.2, 0.25) is 0 Å². The topological polar surface area (TPSA) is 74.8 Å².